The first kappa shape index (κ1) is 18.9. The second-order valence-corrected chi connectivity index (χ2v) is 5.79. The van der Waals surface area contributed by atoms with Gasteiger partial charge in [-0.05, 0) is 18.8 Å². The molecule has 1 fully saturated rings. The topological polar surface area (TPSA) is 142 Å². The average molecular weight is 328 g/mol. The third kappa shape index (κ3) is 5.20. The van der Waals surface area contributed by atoms with Crippen molar-refractivity contribution < 1.29 is 24.3 Å². The van der Waals surface area contributed by atoms with Crippen molar-refractivity contribution in [2.24, 2.45) is 11.7 Å². The van der Waals surface area contributed by atoms with Gasteiger partial charge < -0.3 is 26.4 Å². The molecule has 0 aromatic heterocycles. The number of carbonyl (C=O) groups excluding carboxylic acids is 3. The van der Waals surface area contributed by atoms with Crippen molar-refractivity contribution in [3.05, 3.63) is 0 Å². The first-order chi connectivity index (χ1) is 10.8. The van der Waals surface area contributed by atoms with Gasteiger partial charge in [-0.2, -0.15) is 0 Å². The summed E-state index contributed by atoms with van der Waals surface area (Å²) in [5.41, 5.74) is 5.34. The molecule has 0 aliphatic carbocycles. The first-order valence-corrected chi connectivity index (χ1v) is 7.57. The van der Waals surface area contributed by atoms with Crippen LogP contribution in [0.5, 0.6) is 0 Å². The maximum absolute atomic E-state index is 12.4. The van der Waals surface area contributed by atoms with Crippen LogP contribution < -0.4 is 16.4 Å². The minimum absolute atomic E-state index is 0.170. The van der Waals surface area contributed by atoms with Crippen LogP contribution in [0, 0.1) is 5.92 Å². The Balaban J connectivity index is 2.72. The van der Waals surface area contributed by atoms with Crippen LogP contribution in [0.15, 0.2) is 0 Å². The van der Waals surface area contributed by atoms with Gasteiger partial charge in [0.05, 0.1) is 6.54 Å². The molecule has 1 aliphatic rings. The van der Waals surface area contributed by atoms with Gasteiger partial charge >= 0.3 is 5.97 Å². The molecule has 0 saturated carbocycles. The number of amides is 3. The van der Waals surface area contributed by atoms with Crippen LogP contribution in [0.2, 0.25) is 0 Å². The van der Waals surface area contributed by atoms with Crippen molar-refractivity contribution >= 4 is 23.7 Å². The average Bonchev–Trinajstić information content (AvgIpc) is 2.98. The van der Waals surface area contributed by atoms with Crippen LogP contribution in [-0.2, 0) is 19.2 Å². The lowest BCUT2D eigenvalue weighted by Gasteiger charge is -2.27. The van der Waals surface area contributed by atoms with E-state index in [1.165, 1.54) is 4.90 Å². The zero-order chi connectivity index (χ0) is 17.6. The van der Waals surface area contributed by atoms with E-state index in [2.05, 4.69) is 10.6 Å². The van der Waals surface area contributed by atoms with Gasteiger partial charge in [0.2, 0.25) is 17.7 Å². The quantitative estimate of drug-likeness (QED) is 0.438. The van der Waals surface area contributed by atoms with E-state index in [0.717, 1.165) is 0 Å². The molecule has 2 unspecified atom stereocenters. The van der Waals surface area contributed by atoms with Crippen molar-refractivity contribution in [1.82, 2.24) is 15.5 Å². The Bertz CT molecular complexity index is 480. The molecule has 1 heterocycles. The highest BCUT2D eigenvalue weighted by atomic mass is 16.4. The molecule has 0 spiro atoms. The van der Waals surface area contributed by atoms with Gasteiger partial charge in [0.15, 0.2) is 0 Å². The summed E-state index contributed by atoms with van der Waals surface area (Å²) in [7, 11) is 0. The molecule has 0 radical (unpaired) electrons. The van der Waals surface area contributed by atoms with E-state index in [9.17, 15) is 19.2 Å². The zero-order valence-corrected chi connectivity index (χ0v) is 13.4. The standard InChI is InChI=1S/C14H24N4O5/c1-8(2)12(14(23)16-7-11(20)21)17-13(22)9-4-3-5-18(9)10(19)6-15/h8-9,12H,3-7,15H2,1-2H3,(H,16,23)(H,17,22)(H,20,21). The van der Waals surface area contributed by atoms with E-state index >= 15 is 0 Å². The minimum Gasteiger partial charge on any atom is -0.480 e. The Morgan fingerprint density at radius 1 is 1.30 bits per heavy atom. The molecular weight excluding hydrogens is 304 g/mol. The number of rotatable bonds is 7. The van der Waals surface area contributed by atoms with Gasteiger partial charge in [-0.25, -0.2) is 0 Å². The van der Waals surface area contributed by atoms with Gasteiger partial charge in [-0.1, -0.05) is 13.8 Å². The molecular formula is C14H24N4O5. The fourth-order valence-electron chi connectivity index (χ4n) is 2.51. The van der Waals surface area contributed by atoms with Crippen LogP contribution >= 0.6 is 0 Å². The maximum atomic E-state index is 12.4. The number of aliphatic carboxylic acids is 1. The van der Waals surface area contributed by atoms with Crippen molar-refractivity contribution in [2.75, 3.05) is 19.6 Å². The fourth-order valence-corrected chi connectivity index (χ4v) is 2.51. The Hall–Kier alpha value is -2.16. The molecule has 0 aromatic rings. The predicted octanol–water partition coefficient (Wildman–Crippen LogP) is -1.72. The number of carbonyl (C=O) groups is 4. The molecule has 0 bridgehead atoms. The number of likely N-dealkylation sites (tertiary alicyclic amines) is 1. The number of carboxylic acid groups (broad SMARTS) is 1. The third-order valence-corrected chi connectivity index (χ3v) is 3.71. The summed E-state index contributed by atoms with van der Waals surface area (Å²) in [5.74, 6) is -2.69. The van der Waals surface area contributed by atoms with E-state index in [0.29, 0.717) is 19.4 Å². The number of hydrogen-bond acceptors (Lipinski definition) is 5. The first-order valence-electron chi connectivity index (χ1n) is 7.57. The van der Waals surface area contributed by atoms with Crippen molar-refractivity contribution in [3.8, 4) is 0 Å². The second-order valence-electron chi connectivity index (χ2n) is 5.79. The summed E-state index contributed by atoms with van der Waals surface area (Å²) in [6.07, 6.45) is 1.21. The summed E-state index contributed by atoms with van der Waals surface area (Å²) >= 11 is 0. The van der Waals surface area contributed by atoms with E-state index < -0.39 is 36.4 Å². The SMILES string of the molecule is CC(C)C(NC(=O)C1CCCN1C(=O)CN)C(=O)NCC(=O)O. The zero-order valence-electron chi connectivity index (χ0n) is 13.4. The number of nitrogens with zero attached hydrogens (tertiary/aromatic N) is 1. The lowest BCUT2D eigenvalue weighted by molar-refractivity contribution is -0.140. The molecule has 9 nitrogen and oxygen atoms in total. The molecule has 130 valence electrons. The van der Waals surface area contributed by atoms with Gasteiger partial charge in [-0.3, -0.25) is 19.2 Å². The maximum Gasteiger partial charge on any atom is 0.322 e. The summed E-state index contributed by atoms with van der Waals surface area (Å²) in [5, 5.41) is 13.5. The molecule has 9 heteroatoms. The molecule has 3 amide bonds. The van der Waals surface area contributed by atoms with E-state index in [1.54, 1.807) is 13.8 Å². The Kier molecular flexibility index (Phi) is 6.95. The van der Waals surface area contributed by atoms with Crippen LogP contribution in [0.25, 0.3) is 0 Å². The lowest BCUT2D eigenvalue weighted by atomic mass is 10.0. The van der Waals surface area contributed by atoms with Gasteiger partial charge in [0.1, 0.15) is 18.6 Å². The molecule has 23 heavy (non-hydrogen) atoms. The molecule has 1 aliphatic heterocycles. The van der Waals surface area contributed by atoms with Gasteiger partial charge in [0, 0.05) is 6.54 Å². The number of carboxylic acids is 1. The third-order valence-electron chi connectivity index (χ3n) is 3.71. The smallest absolute Gasteiger partial charge is 0.322 e. The number of hydrogen-bond donors (Lipinski definition) is 4. The molecule has 2 atom stereocenters. The van der Waals surface area contributed by atoms with E-state index in [-0.39, 0.29) is 18.4 Å². The van der Waals surface area contributed by atoms with E-state index in [4.69, 9.17) is 10.8 Å². The predicted molar refractivity (Wildman–Crippen MR) is 81.2 cm³/mol. The summed E-state index contributed by atoms with van der Waals surface area (Å²) in [6.45, 7) is 3.26. The highest BCUT2D eigenvalue weighted by molar-refractivity contribution is 5.93. The molecule has 1 rings (SSSR count). The van der Waals surface area contributed by atoms with Gasteiger partial charge in [-0.15, -0.1) is 0 Å². The second kappa shape index (κ2) is 8.47. The monoisotopic (exact) mass is 328 g/mol. The molecule has 0 aromatic carbocycles. The highest BCUT2D eigenvalue weighted by Crippen LogP contribution is 2.18. The van der Waals surface area contributed by atoms with Crippen LogP contribution in [0.4, 0.5) is 0 Å². The summed E-state index contributed by atoms with van der Waals surface area (Å²) in [6, 6.07) is -1.50. The van der Waals surface area contributed by atoms with Gasteiger partial charge in [0.25, 0.3) is 0 Å². The fraction of sp³-hybridized carbons (Fsp3) is 0.714. The molecule has 5 N–H and O–H groups in total. The molecule has 1 saturated heterocycles. The number of nitrogens with two attached hydrogens (primary N) is 1. The number of nitrogens with one attached hydrogen (secondary N) is 2. The lowest BCUT2D eigenvalue weighted by Crippen LogP contribution is -2.55. The Labute approximate surface area is 134 Å². The largest absolute Gasteiger partial charge is 0.480 e. The van der Waals surface area contributed by atoms with Crippen molar-refractivity contribution in [1.29, 1.82) is 0 Å². The Morgan fingerprint density at radius 3 is 2.48 bits per heavy atom. The van der Waals surface area contributed by atoms with Crippen molar-refractivity contribution in [3.63, 3.8) is 0 Å². The van der Waals surface area contributed by atoms with Crippen LogP contribution in [-0.4, -0.2) is 65.4 Å². The van der Waals surface area contributed by atoms with Crippen LogP contribution in [0.3, 0.4) is 0 Å². The highest BCUT2D eigenvalue weighted by Gasteiger charge is 2.35. The summed E-state index contributed by atoms with van der Waals surface area (Å²) < 4.78 is 0. The van der Waals surface area contributed by atoms with E-state index in [1.807, 2.05) is 0 Å². The summed E-state index contributed by atoms with van der Waals surface area (Å²) in [4.78, 5) is 48.1. The van der Waals surface area contributed by atoms with Crippen molar-refractivity contribution in [2.45, 2.75) is 38.8 Å². The normalized spacial score (nSPS) is 18.6. The van der Waals surface area contributed by atoms with Crippen LogP contribution in [0.1, 0.15) is 26.7 Å². The minimum atomic E-state index is -1.16. The Morgan fingerprint density at radius 2 is 1.96 bits per heavy atom.